The largest absolute Gasteiger partial charge is 0.343 e. The van der Waals surface area contributed by atoms with Crippen molar-refractivity contribution in [2.24, 2.45) is 0 Å². The standard InChI is InChI=1S/C29H33N/c1-28(2,3)25-12-7-21(8-13-25)20-30-18-17-24-19-23(11-16-27(24)30)22-9-14-26(15-10-22)29(4,5)6/h7-19H,20H2,1-6H3. The van der Waals surface area contributed by atoms with Crippen LogP contribution < -0.4 is 0 Å². The molecule has 1 nitrogen and oxygen atoms in total. The van der Waals surface area contributed by atoms with E-state index in [-0.39, 0.29) is 10.8 Å². The lowest BCUT2D eigenvalue weighted by molar-refractivity contribution is 0.589. The molecule has 0 spiro atoms. The van der Waals surface area contributed by atoms with Crippen LogP contribution in [-0.2, 0) is 17.4 Å². The highest BCUT2D eigenvalue weighted by Crippen LogP contribution is 2.29. The van der Waals surface area contributed by atoms with Gasteiger partial charge in [0.25, 0.3) is 0 Å². The first kappa shape index (κ1) is 20.5. The minimum atomic E-state index is 0.185. The molecule has 0 saturated heterocycles. The molecule has 0 radical (unpaired) electrons. The maximum Gasteiger partial charge on any atom is 0.0483 e. The van der Waals surface area contributed by atoms with Crippen molar-refractivity contribution in [3.63, 3.8) is 0 Å². The van der Waals surface area contributed by atoms with E-state index in [0.29, 0.717) is 0 Å². The Morgan fingerprint density at radius 2 is 1.13 bits per heavy atom. The molecule has 30 heavy (non-hydrogen) atoms. The molecule has 1 heterocycles. The second-order valence-electron chi connectivity index (χ2n) is 10.5. The second kappa shape index (κ2) is 7.47. The van der Waals surface area contributed by atoms with Gasteiger partial charge in [-0.15, -0.1) is 0 Å². The summed E-state index contributed by atoms with van der Waals surface area (Å²) in [5.41, 5.74) is 8.30. The van der Waals surface area contributed by atoms with Crippen molar-refractivity contribution in [2.75, 3.05) is 0 Å². The molecule has 4 rings (SSSR count). The monoisotopic (exact) mass is 395 g/mol. The number of hydrogen-bond acceptors (Lipinski definition) is 0. The SMILES string of the molecule is CC(C)(C)c1ccc(Cn2ccc3cc(-c4ccc(C(C)(C)C)cc4)ccc32)cc1. The molecule has 0 aliphatic heterocycles. The molecule has 0 bridgehead atoms. The third-order valence-electron chi connectivity index (χ3n) is 6.03. The van der Waals surface area contributed by atoms with Crippen LogP contribution in [0, 0.1) is 0 Å². The van der Waals surface area contributed by atoms with Crippen LogP contribution >= 0.6 is 0 Å². The van der Waals surface area contributed by atoms with E-state index in [1.165, 1.54) is 38.7 Å². The fourth-order valence-electron chi connectivity index (χ4n) is 3.99. The molecule has 0 amide bonds. The van der Waals surface area contributed by atoms with Crippen molar-refractivity contribution in [1.82, 2.24) is 4.57 Å². The van der Waals surface area contributed by atoms with Crippen LogP contribution in [0.25, 0.3) is 22.0 Å². The van der Waals surface area contributed by atoms with Crippen LogP contribution in [0.1, 0.15) is 58.2 Å². The number of fused-ring (bicyclic) bond motifs is 1. The summed E-state index contributed by atoms with van der Waals surface area (Å²) in [7, 11) is 0. The summed E-state index contributed by atoms with van der Waals surface area (Å²) in [6.07, 6.45) is 2.20. The fourth-order valence-corrected chi connectivity index (χ4v) is 3.99. The Balaban J connectivity index is 1.58. The van der Waals surface area contributed by atoms with Crippen molar-refractivity contribution in [3.05, 3.63) is 95.7 Å². The van der Waals surface area contributed by atoms with Crippen molar-refractivity contribution in [2.45, 2.75) is 58.9 Å². The number of hydrogen-bond donors (Lipinski definition) is 0. The van der Waals surface area contributed by atoms with Gasteiger partial charge in [0.1, 0.15) is 0 Å². The molecule has 0 N–H and O–H groups in total. The van der Waals surface area contributed by atoms with E-state index in [1.807, 2.05) is 0 Å². The van der Waals surface area contributed by atoms with Gasteiger partial charge in [0, 0.05) is 23.6 Å². The number of nitrogens with zero attached hydrogens (tertiary/aromatic N) is 1. The van der Waals surface area contributed by atoms with E-state index < -0.39 is 0 Å². The zero-order valence-electron chi connectivity index (χ0n) is 19.2. The van der Waals surface area contributed by atoms with Crippen LogP contribution in [0.4, 0.5) is 0 Å². The number of aromatic nitrogens is 1. The maximum atomic E-state index is 2.34. The predicted molar refractivity (Wildman–Crippen MR) is 130 cm³/mol. The smallest absolute Gasteiger partial charge is 0.0483 e. The van der Waals surface area contributed by atoms with Crippen molar-refractivity contribution < 1.29 is 0 Å². The highest BCUT2D eigenvalue weighted by atomic mass is 14.9. The summed E-state index contributed by atoms with van der Waals surface area (Å²) < 4.78 is 2.34. The highest BCUT2D eigenvalue weighted by molar-refractivity contribution is 5.85. The van der Waals surface area contributed by atoms with Gasteiger partial charge < -0.3 is 4.57 Å². The topological polar surface area (TPSA) is 4.93 Å². The van der Waals surface area contributed by atoms with E-state index in [9.17, 15) is 0 Å². The lowest BCUT2D eigenvalue weighted by Crippen LogP contribution is -2.10. The van der Waals surface area contributed by atoms with E-state index in [0.717, 1.165) is 6.54 Å². The first-order valence-electron chi connectivity index (χ1n) is 10.9. The average Bonchev–Trinajstić information content (AvgIpc) is 3.09. The molecule has 0 aliphatic rings. The van der Waals surface area contributed by atoms with Gasteiger partial charge in [-0.2, -0.15) is 0 Å². The minimum Gasteiger partial charge on any atom is -0.343 e. The summed E-state index contributed by atoms with van der Waals surface area (Å²) in [6, 6.07) is 27.1. The predicted octanol–water partition coefficient (Wildman–Crippen LogP) is 7.95. The Morgan fingerprint density at radius 3 is 1.70 bits per heavy atom. The lowest BCUT2D eigenvalue weighted by atomic mass is 9.86. The summed E-state index contributed by atoms with van der Waals surface area (Å²) in [5.74, 6) is 0. The molecular weight excluding hydrogens is 362 g/mol. The molecule has 0 fully saturated rings. The van der Waals surface area contributed by atoms with Gasteiger partial charge in [-0.25, -0.2) is 0 Å². The first-order chi connectivity index (χ1) is 14.1. The minimum absolute atomic E-state index is 0.185. The number of rotatable bonds is 3. The third kappa shape index (κ3) is 4.21. The van der Waals surface area contributed by atoms with Gasteiger partial charge in [0.2, 0.25) is 0 Å². The Morgan fingerprint density at radius 1 is 0.600 bits per heavy atom. The third-order valence-corrected chi connectivity index (χ3v) is 6.03. The first-order valence-corrected chi connectivity index (χ1v) is 10.9. The Bertz CT molecular complexity index is 1140. The van der Waals surface area contributed by atoms with E-state index in [1.54, 1.807) is 0 Å². The Labute approximate surface area is 181 Å². The Hall–Kier alpha value is -2.80. The van der Waals surface area contributed by atoms with Gasteiger partial charge in [0.05, 0.1) is 0 Å². The number of benzene rings is 3. The van der Waals surface area contributed by atoms with Crippen LogP contribution in [0.5, 0.6) is 0 Å². The quantitative estimate of drug-likeness (QED) is 0.332. The van der Waals surface area contributed by atoms with Crippen molar-refractivity contribution >= 4 is 10.9 Å². The van der Waals surface area contributed by atoms with E-state index in [4.69, 9.17) is 0 Å². The second-order valence-corrected chi connectivity index (χ2v) is 10.5. The van der Waals surface area contributed by atoms with Crippen LogP contribution in [-0.4, -0.2) is 4.57 Å². The molecule has 1 heteroatoms. The van der Waals surface area contributed by atoms with Gasteiger partial charge >= 0.3 is 0 Å². The molecular formula is C29H33N. The lowest BCUT2D eigenvalue weighted by Gasteiger charge is -2.19. The molecule has 1 aromatic heterocycles. The molecule has 0 saturated carbocycles. The summed E-state index contributed by atoms with van der Waals surface area (Å²) in [6.45, 7) is 14.4. The summed E-state index contributed by atoms with van der Waals surface area (Å²) in [4.78, 5) is 0. The maximum absolute atomic E-state index is 2.34. The van der Waals surface area contributed by atoms with Crippen molar-refractivity contribution in [3.8, 4) is 11.1 Å². The van der Waals surface area contributed by atoms with Crippen LogP contribution in [0.3, 0.4) is 0 Å². The average molecular weight is 396 g/mol. The van der Waals surface area contributed by atoms with Gasteiger partial charge in [-0.3, -0.25) is 0 Å². The van der Waals surface area contributed by atoms with Gasteiger partial charge in [-0.1, -0.05) is 96.1 Å². The summed E-state index contributed by atoms with van der Waals surface area (Å²) >= 11 is 0. The Kier molecular flexibility index (Phi) is 5.10. The van der Waals surface area contributed by atoms with Gasteiger partial charge in [-0.05, 0) is 56.8 Å². The van der Waals surface area contributed by atoms with Crippen LogP contribution in [0.2, 0.25) is 0 Å². The molecule has 0 aliphatic carbocycles. The summed E-state index contributed by atoms with van der Waals surface area (Å²) in [5, 5.41) is 1.29. The molecule has 4 aromatic rings. The normalized spacial score (nSPS) is 12.5. The molecule has 0 atom stereocenters. The molecule has 3 aromatic carbocycles. The molecule has 154 valence electrons. The highest BCUT2D eigenvalue weighted by Gasteiger charge is 2.14. The fraction of sp³-hybridized carbons (Fsp3) is 0.310. The van der Waals surface area contributed by atoms with E-state index >= 15 is 0 Å². The zero-order chi connectivity index (χ0) is 21.5. The molecule has 0 unspecified atom stereocenters. The van der Waals surface area contributed by atoms with Gasteiger partial charge in [0.15, 0.2) is 0 Å². The van der Waals surface area contributed by atoms with Crippen molar-refractivity contribution in [1.29, 1.82) is 0 Å². The zero-order valence-corrected chi connectivity index (χ0v) is 19.2. The van der Waals surface area contributed by atoms with Crippen LogP contribution in [0.15, 0.2) is 79.0 Å². The van der Waals surface area contributed by atoms with E-state index in [2.05, 4.69) is 125 Å².